The van der Waals surface area contributed by atoms with Crippen molar-refractivity contribution in [2.24, 2.45) is 0 Å². The molecule has 1 aliphatic heterocycles. The molecule has 196 valence electrons. The minimum atomic E-state index is -4.06. The van der Waals surface area contributed by atoms with Crippen molar-refractivity contribution in [1.82, 2.24) is 9.62 Å². The van der Waals surface area contributed by atoms with Crippen molar-refractivity contribution in [3.05, 3.63) is 71.2 Å². The highest BCUT2D eigenvalue weighted by Gasteiger charge is 2.63. The molecular formula is C26H27ClN2O6S2. The maximum atomic E-state index is 13.2. The highest BCUT2D eigenvalue weighted by Crippen LogP contribution is 2.53. The van der Waals surface area contributed by atoms with Crippen LogP contribution in [0.3, 0.4) is 0 Å². The van der Waals surface area contributed by atoms with Gasteiger partial charge in [-0.15, -0.1) is 11.3 Å². The molecule has 1 saturated carbocycles. The SMILES string of the molecule is O=C(O)C1(NS(=O)(=O)c2ccc(-c3ccc(Cl)cc3)s2)CC1c1cccc(OCCN2CCOCC2)c1. The van der Waals surface area contributed by atoms with E-state index in [0.29, 0.717) is 17.4 Å². The monoisotopic (exact) mass is 562 g/mol. The van der Waals surface area contributed by atoms with Gasteiger partial charge in [0, 0.05) is 35.5 Å². The first-order valence-corrected chi connectivity index (χ1v) is 14.6. The predicted octanol–water partition coefficient (Wildman–Crippen LogP) is 4.07. The number of ether oxygens (including phenoxy) is 2. The van der Waals surface area contributed by atoms with Crippen LogP contribution in [0.25, 0.3) is 10.4 Å². The minimum Gasteiger partial charge on any atom is -0.492 e. The average molecular weight is 563 g/mol. The number of thiophene rings is 1. The third-order valence-corrected chi connectivity index (χ3v) is 10.1. The number of aliphatic carboxylic acids is 1. The number of benzene rings is 2. The summed E-state index contributed by atoms with van der Waals surface area (Å²) in [5.74, 6) is -1.07. The summed E-state index contributed by atoms with van der Waals surface area (Å²) in [6.45, 7) is 4.46. The summed E-state index contributed by atoms with van der Waals surface area (Å²) >= 11 is 7.03. The molecule has 2 heterocycles. The van der Waals surface area contributed by atoms with Gasteiger partial charge in [-0.05, 0) is 53.9 Å². The van der Waals surface area contributed by atoms with Crippen LogP contribution >= 0.6 is 22.9 Å². The van der Waals surface area contributed by atoms with Crippen LogP contribution in [0, 0.1) is 0 Å². The average Bonchev–Trinajstić information content (AvgIpc) is 3.38. The number of hydrogen-bond donors (Lipinski definition) is 2. The fourth-order valence-corrected chi connectivity index (χ4v) is 7.36. The number of morpholine rings is 1. The molecule has 2 aromatic carbocycles. The van der Waals surface area contributed by atoms with Gasteiger partial charge in [-0.3, -0.25) is 9.69 Å². The zero-order valence-corrected chi connectivity index (χ0v) is 22.3. The van der Waals surface area contributed by atoms with Crippen LogP contribution in [0.15, 0.2) is 64.9 Å². The fraction of sp³-hybridized carbons (Fsp3) is 0.346. The van der Waals surface area contributed by atoms with Gasteiger partial charge in [0.1, 0.15) is 22.1 Å². The highest BCUT2D eigenvalue weighted by atomic mass is 35.5. The van der Waals surface area contributed by atoms with Crippen molar-refractivity contribution in [1.29, 1.82) is 0 Å². The number of hydrogen-bond acceptors (Lipinski definition) is 7. The number of halogens is 1. The van der Waals surface area contributed by atoms with Crippen molar-refractivity contribution in [2.75, 3.05) is 39.5 Å². The first-order chi connectivity index (χ1) is 17.8. The number of carboxylic acids is 1. The molecule has 5 rings (SSSR count). The molecule has 0 bridgehead atoms. The van der Waals surface area contributed by atoms with Gasteiger partial charge in [-0.25, -0.2) is 8.42 Å². The molecule has 1 aliphatic carbocycles. The number of carbonyl (C=O) groups is 1. The van der Waals surface area contributed by atoms with Crippen LogP contribution in [-0.2, 0) is 19.6 Å². The molecule has 37 heavy (non-hydrogen) atoms. The van der Waals surface area contributed by atoms with Gasteiger partial charge in [0.05, 0.1) is 13.2 Å². The van der Waals surface area contributed by atoms with E-state index in [9.17, 15) is 18.3 Å². The molecule has 0 amide bonds. The standard InChI is InChI=1S/C26H27ClN2O6S2/c27-20-6-4-18(5-7-20)23-8-9-24(36-23)37(32,33)28-26(25(30)31)17-22(26)19-2-1-3-21(16-19)35-15-12-29-10-13-34-14-11-29/h1-9,16,22,28H,10-15,17H2,(H,30,31). The molecule has 11 heteroatoms. The van der Waals surface area contributed by atoms with Crippen molar-refractivity contribution >= 4 is 38.9 Å². The number of sulfonamides is 1. The van der Waals surface area contributed by atoms with Crippen molar-refractivity contribution in [3.8, 4) is 16.2 Å². The molecule has 3 aromatic rings. The Morgan fingerprint density at radius 3 is 2.65 bits per heavy atom. The third kappa shape index (κ3) is 5.84. The topological polar surface area (TPSA) is 105 Å². The van der Waals surface area contributed by atoms with Crippen molar-refractivity contribution in [2.45, 2.75) is 22.1 Å². The molecule has 2 unspecified atom stereocenters. The molecule has 8 nitrogen and oxygen atoms in total. The Morgan fingerprint density at radius 1 is 1.16 bits per heavy atom. The zero-order chi connectivity index (χ0) is 26.0. The first-order valence-electron chi connectivity index (χ1n) is 11.9. The summed E-state index contributed by atoms with van der Waals surface area (Å²) in [7, 11) is -4.06. The van der Waals surface area contributed by atoms with Crippen molar-refractivity contribution in [3.63, 3.8) is 0 Å². The summed E-state index contributed by atoms with van der Waals surface area (Å²) in [6, 6.07) is 17.5. The van der Waals surface area contributed by atoms with Gasteiger partial charge in [-0.2, -0.15) is 4.72 Å². The van der Waals surface area contributed by atoms with E-state index in [-0.39, 0.29) is 10.6 Å². The Balaban J connectivity index is 1.27. The molecular weight excluding hydrogens is 536 g/mol. The summed E-state index contributed by atoms with van der Waals surface area (Å²) in [5, 5.41) is 10.6. The molecule has 2 N–H and O–H groups in total. The third-order valence-electron chi connectivity index (χ3n) is 6.67. The van der Waals surface area contributed by atoms with Crippen LogP contribution in [0.4, 0.5) is 0 Å². The number of nitrogens with zero attached hydrogens (tertiary/aromatic N) is 1. The maximum Gasteiger partial charge on any atom is 0.325 e. The number of carboxylic acid groups (broad SMARTS) is 1. The molecule has 1 aromatic heterocycles. The Kier molecular flexibility index (Phi) is 7.58. The van der Waals surface area contributed by atoms with E-state index in [1.807, 2.05) is 24.3 Å². The van der Waals surface area contributed by atoms with Gasteiger partial charge in [0.15, 0.2) is 0 Å². The molecule has 0 radical (unpaired) electrons. The first kappa shape index (κ1) is 26.1. The summed E-state index contributed by atoms with van der Waals surface area (Å²) in [4.78, 5) is 15.3. The van der Waals surface area contributed by atoms with Crippen LogP contribution in [0.2, 0.25) is 5.02 Å². The molecule has 0 spiro atoms. The second-order valence-corrected chi connectivity index (χ2v) is 12.6. The van der Waals surface area contributed by atoms with E-state index in [1.54, 1.807) is 30.3 Å². The Morgan fingerprint density at radius 2 is 1.92 bits per heavy atom. The van der Waals surface area contributed by atoms with E-state index < -0.39 is 27.4 Å². The number of nitrogens with one attached hydrogen (secondary N) is 1. The highest BCUT2D eigenvalue weighted by molar-refractivity contribution is 7.91. The van der Waals surface area contributed by atoms with Crippen LogP contribution in [0.5, 0.6) is 5.75 Å². The molecule has 1 saturated heterocycles. The summed E-state index contributed by atoms with van der Waals surface area (Å²) in [5.41, 5.74) is -0.0455. The largest absolute Gasteiger partial charge is 0.492 e. The summed E-state index contributed by atoms with van der Waals surface area (Å²) in [6.07, 6.45) is 0.161. The van der Waals surface area contributed by atoms with Gasteiger partial charge < -0.3 is 14.6 Å². The Hall–Kier alpha value is -2.47. The lowest BCUT2D eigenvalue weighted by Crippen LogP contribution is -2.44. The quantitative estimate of drug-likeness (QED) is 0.384. The smallest absolute Gasteiger partial charge is 0.325 e. The van der Waals surface area contributed by atoms with Gasteiger partial charge in [0.25, 0.3) is 10.0 Å². The van der Waals surface area contributed by atoms with E-state index in [1.165, 1.54) is 6.07 Å². The fourth-order valence-electron chi connectivity index (χ4n) is 4.52. The minimum absolute atomic E-state index is 0.0592. The van der Waals surface area contributed by atoms with Gasteiger partial charge in [0.2, 0.25) is 0 Å². The van der Waals surface area contributed by atoms with E-state index in [2.05, 4.69) is 9.62 Å². The Labute approximate surface area is 224 Å². The normalized spacial score (nSPS) is 22.0. The predicted molar refractivity (Wildman–Crippen MR) is 142 cm³/mol. The Bertz CT molecular complexity index is 1370. The van der Waals surface area contributed by atoms with Crippen LogP contribution < -0.4 is 9.46 Å². The molecule has 2 fully saturated rings. The van der Waals surface area contributed by atoms with Crippen LogP contribution in [0.1, 0.15) is 17.9 Å². The lowest BCUT2D eigenvalue weighted by atomic mass is 10.1. The molecule has 2 atom stereocenters. The second-order valence-electron chi connectivity index (χ2n) is 9.14. The summed E-state index contributed by atoms with van der Waals surface area (Å²) < 4.78 is 40.2. The lowest BCUT2D eigenvalue weighted by Gasteiger charge is -2.26. The second kappa shape index (κ2) is 10.7. The van der Waals surface area contributed by atoms with E-state index in [4.69, 9.17) is 21.1 Å². The lowest BCUT2D eigenvalue weighted by molar-refractivity contribution is -0.140. The van der Waals surface area contributed by atoms with Crippen LogP contribution in [-0.4, -0.2) is 69.4 Å². The van der Waals surface area contributed by atoms with Crippen molar-refractivity contribution < 1.29 is 27.8 Å². The van der Waals surface area contributed by atoms with Gasteiger partial charge >= 0.3 is 5.97 Å². The number of rotatable bonds is 10. The van der Waals surface area contributed by atoms with Gasteiger partial charge in [-0.1, -0.05) is 35.9 Å². The molecule has 2 aliphatic rings. The maximum absolute atomic E-state index is 13.2. The van der Waals surface area contributed by atoms with E-state index >= 15 is 0 Å². The zero-order valence-electron chi connectivity index (χ0n) is 19.9. The van der Waals surface area contributed by atoms with E-state index in [0.717, 1.165) is 60.2 Å².